The van der Waals surface area contributed by atoms with E-state index in [1.165, 1.54) is 6.07 Å². The highest BCUT2D eigenvalue weighted by Gasteiger charge is 2.15. The Kier molecular flexibility index (Phi) is 6.73. The largest absolute Gasteiger partial charge is 0.353 e. The Labute approximate surface area is 194 Å². The zero-order chi connectivity index (χ0) is 22.5. The molecule has 4 aromatic rings. The van der Waals surface area contributed by atoms with Crippen molar-refractivity contribution in [3.8, 4) is 11.4 Å². The van der Waals surface area contributed by atoms with Gasteiger partial charge in [0.25, 0.3) is 5.91 Å². The molecule has 2 amide bonds. The number of fused-ring (bicyclic) bond motifs is 1. The number of H-pyrrole nitrogens is 1. The number of pyridine rings is 1. The second kappa shape index (κ2) is 9.85. The molecule has 2 heterocycles. The van der Waals surface area contributed by atoms with Gasteiger partial charge in [-0.25, -0.2) is 0 Å². The van der Waals surface area contributed by atoms with E-state index in [9.17, 15) is 9.59 Å². The lowest BCUT2D eigenvalue weighted by Gasteiger charge is -2.08. The predicted molar refractivity (Wildman–Crippen MR) is 127 cm³/mol. The van der Waals surface area contributed by atoms with Crippen LogP contribution in [0.15, 0.2) is 66.9 Å². The number of aromatic nitrogens is 2. The van der Waals surface area contributed by atoms with Crippen LogP contribution in [0.2, 0.25) is 10.0 Å². The summed E-state index contributed by atoms with van der Waals surface area (Å²) in [6.07, 6.45) is 3.21. The molecule has 0 atom stereocenters. The normalized spacial score (nSPS) is 10.8. The number of carbonyl (C=O) groups is 2. The maximum absolute atomic E-state index is 12.3. The molecule has 6 nitrogen and oxygen atoms in total. The standard InChI is InChI=1S/C24H20Cl2N4O2/c25-16-6-3-5-15(13-16)24(32)30-29-22(31)9-4-7-18-19-14-17(26)10-11-20(19)28-23(18)21-8-1-2-12-27-21/h1-3,5-6,8,10-14,28H,4,7,9H2,(H,29,31)(H,30,32). The lowest BCUT2D eigenvalue weighted by Crippen LogP contribution is -2.41. The van der Waals surface area contributed by atoms with Gasteiger partial charge in [-0.2, -0.15) is 0 Å². The number of nitrogens with one attached hydrogen (secondary N) is 3. The average Bonchev–Trinajstić information content (AvgIpc) is 3.15. The molecule has 0 saturated heterocycles. The zero-order valence-corrected chi connectivity index (χ0v) is 18.5. The summed E-state index contributed by atoms with van der Waals surface area (Å²) in [5.74, 6) is -0.706. The SMILES string of the molecule is O=C(CCCc1c(-c2ccccn2)[nH]c2ccc(Cl)cc12)NNC(=O)c1cccc(Cl)c1. The van der Waals surface area contributed by atoms with Crippen LogP contribution in [-0.4, -0.2) is 21.8 Å². The highest BCUT2D eigenvalue weighted by atomic mass is 35.5. The Balaban J connectivity index is 1.41. The van der Waals surface area contributed by atoms with Gasteiger partial charge in [0.2, 0.25) is 5.91 Å². The van der Waals surface area contributed by atoms with E-state index in [1.54, 1.807) is 24.4 Å². The van der Waals surface area contributed by atoms with Crippen LogP contribution in [0.4, 0.5) is 0 Å². The van der Waals surface area contributed by atoms with Crippen molar-refractivity contribution in [2.45, 2.75) is 19.3 Å². The van der Waals surface area contributed by atoms with Crippen LogP contribution in [-0.2, 0) is 11.2 Å². The first-order chi connectivity index (χ1) is 15.5. The number of amides is 2. The zero-order valence-electron chi connectivity index (χ0n) is 17.0. The molecule has 0 bridgehead atoms. The highest BCUT2D eigenvalue weighted by Crippen LogP contribution is 2.32. The van der Waals surface area contributed by atoms with Crippen molar-refractivity contribution in [3.63, 3.8) is 0 Å². The molecule has 0 radical (unpaired) electrons. The molecule has 8 heteroatoms. The minimum Gasteiger partial charge on any atom is -0.353 e. The van der Waals surface area contributed by atoms with E-state index in [4.69, 9.17) is 23.2 Å². The number of hydrogen-bond donors (Lipinski definition) is 3. The van der Waals surface area contributed by atoms with E-state index >= 15 is 0 Å². The molecular weight excluding hydrogens is 447 g/mol. The Morgan fingerprint density at radius 2 is 1.78 bits per heavy atom. The van der Waals surface area contributed by atoms with Gasteiger partial charge in [-0.3, -0.25) is 25.4 Å². The molecule has 0 spiro atoms. The summed E-state index contributed by atoms with van der Waals surface area (Å²) in [6, 6.07) is 17.9. The summed E-state index contributed by atoms with van der Waals surface area (Å²) in [7, 11) is 0. The monoisotopic (exact) mass is 466 g/mol. The van der Waals surface area contributed by atoms with Crippen LogP contribution in [0.3, 0.4) is 0 Å². The van der Waals surface area contributed by atoms with Gasteiger partial charge < -0.3 is 4.98 Å². The fourth-order valence-electron chi connectivity index (χ4n) is 3.53. The molecular formula is C24H20Cl2N4O2. The molecule has 3 N–H and O–H groups in total. The first-order valence-electron chi connectivity index (χ1n) is 10.1. The quantitative estimate of drug-likeness (QED) is 0.336. The first kappa shape index (κ1) is 21.9. The molecule has 2 aromatic carbocycles. The van der Waals surface area contributed by atoms with Gasteiger partial charge in [0, 0.05) is 39.1 Å². The van der Waals surface area contributed by atoms with Crippen molar-refractivity contribution in [3.05, 3.63) is 88.0 Å². The molecule has 0 saturated carbocycles. The Bertz CT molecular complexity index is 1270. The highest BCUT2D eigenvalue weighted by molar-refractivity contribution is 6.31. The number of aromatic amines is 1. The van der Waals surface area contributed by atoms with Crippen LogP contribution >= 0.6 is 23.2 Å². The maximum Gasteiger partial charge on any atom is 0.269 e. The maximum atomic E-state index is 12.3. The summed E-state index contributed by atoms with van der Waals surface area (Å²) >= 11 is 12.1. The summed E-state index contributed by atoms with van der Waals surface area (Å²) in [5.41, 5.74) is 8.99. The predicted octanol–water partition coefficient (Wildman–Crippen LogP) is 5.32. The van der Waals surface area contributed by atoms with Gasteiger partial charge in [0.05, 0.1) is 11.4 Å². The summed E-state index contributed by atoms with van der Waals surface area (Å²) < 4.78 is 0. The van der Waals surface area contributed by atoms with Crippen LogP contribution in [0.1, 0.15) is 28.8 Å². The van der Waals surface area contributed by atoms with E-state index in [-0.39, 0.29) is 12.3 Å². The number of halogens is 2. The summed E-state index contributed by atoms with van der Waals surface area (Å²) in [4.78, 5) is 32.3. The second-order valence-electron chi connectivity index (χ2n) is 7.25. The first-order valence-corrected chi connectivity index (χ1v) is 10.8. The minimum absolute atomic E-state index is 0.241. The number of hydrogen-bond acceptors (Lipinski definition) is 3. The molecule has 4 rings (SSSR count). The number of carbonyl (C=O) groups excluding carboxylic acids is 2. The third-order valence-electron chi connectivity index (χ3n) is 5.02. The van der Waals surface area contributed by atoms with Crippen LogP contribution < -0.4 is 10.9 Å². The third-order valence-corrected chi connectivity index (χ3v) is 5.49. The van der Waals surface area contributed by atoms with Crippen molar-refractivity contribution in [1.82, 2.24) is 20.8 Å². The Morgan fingerprint density at radius 1 is 0.938 bits per heavy atom. The average molecular weight is 467 g/mol. The number of benzene rings is 2. The molecule has 0 aliphatic rings. The van der Waals surface area contributed by atoms with Crippen molar-refractivity contribution in [2.24, 2.45) is 0 Å². The van der Waals surface area contributed by atoms with E-state index in [0.717, 1.165) is 27.9 Å². The van der Waals surface area contributed by atoms with Crippen molar-refractivity contribution in [2.75, 3.05) is 0 Å². The van der Waals surface area contributed by atoms with Gasteiger partial charge >= 0.3 is 0 Å². The molecule has 32 heavy (non-hydrogen) atoms. The van der Waals surface area contributed by atoms with Crippen molar-refractivity contribution in [1.29, 1.82) is 0 Å². The Morgan fingerprint density at radius 3 is 2.56 bits per heavy atom. The van der Waals surface area contributed by atoms with Crippen LogP contribution in [0.5, 0.6) is 0 Å². The number of nitrogens with zero attached hydrogens (tertiary/aromatic N) is 1. The van der Waals surface area contributed by atoms with Crippen molar-refractivity contribution < 1.29 is 9.59 Å². The van der Waals surface area contributed by atoms with Gasteiger partial charge in [-0.05, 0) is 66.9 Å². The topological polar surface area (TPSA) is 86.9 Å². The summed E-state index contributed by atoms with van der Waals surface area (Å²) in [6.45, 7) is 0. The fraction of sp³-hybridized carbons (Fsp3) is 0.125. The van der Waals surface area contributed by atoms with Crippen molar-refractivity contribution >= 4 is 45.9 Å². The van der Waals surface area contributed by atoms with Gasteiger partial charge in [-0.15, -0.1) is 0 Å². The smallest absolute Gasteiger partial charge is 0.269 e. The minimum atomic E-state index is -0.426. The van der Waals surface area contributed by atoms with Crippen LogP contribution in [0, 0.1) is 0 Å². The third kappa shape index (κ3) is 5.10. The molecule has 0 aliphatic carbocycles. The van der Waals surface area contributed by atoms with Gasteiger partial charge in [0.1, 0.15) is 0 Å². The fourth-order valence-corrected chi connectivity index (χ4v) is 3.89. The molecule has 2 aromatic heterocycles. The van der Waals surface area contributed by atoms with E-state index in [1.807, 2.05) is 36.4 Å². The number of rotatable bonds is 6. The number of hydrazine groups is 1. The van der Waals surface area contributed by atoms with E-state index < -0.39 is 5.91 Å². The van der Waals surface area contributed by atoms with E-state index in [2.05, 4.69) is 20.8 Å². The van der Waals surface area contributed by atoms with Gasteiger partial charge in [-0.1, -0.05) is 35.3 Å². The summed E-state index contributed by atoms with van der Waals surface area (Å²) in [5, 5.41) is 2.10. The molecule has 0 fully saturated rings. The molecule has 162 valence electrons. The molecule has 0 unspecified atom stereocenters. The molecule has 0 aliphatic heterocycles. The lowest BCUT2D eigenvalue weighted by molar-refractivity contribution is -0.121. The number of aryl methyl sites for hydroxylation is 1. The Hall–Kier alpha value is -3.35. The second-order valence-corrected chi connectivity index (χ2v) is 8.12. The van der Waals surface area contributed by atoms with Gasteiger partial charge in [0.15, 0.2) is 0 Å². The van der Waals surface area contributed by atoms with Crippen LogP contribution in [0.25, 0.3) is 22.3 Å². The lowest BCUT2D eigenvalue weighted by atomic mass is 10.0. The van der Waals surface area contributed by atoms with E-state index in [0.29, 0.717) is 28.5 Å².